The number of carbonyl (C=O) groups excluding carboxylic acids is 1. The predicted molar refractivity (Wildman–Crippen MR) is 108 cm³/mol. The van der Waals surface area contributed by atoms with Crippen LogP contribution in [-0.4, -0.2) is 46.4 Å². The molecule has 0 radical (unpaired) electrons. The second kappa shape index (κ2) is 9.18. The molecule has 4 heteroatoms. The molecule has 1 aliphatic heterocycles. The molecule has 0 bridgehead atoms. The van der Waals surface area contributed by atoms with Crippen molar-refractivity contribution >= 4 is 5.91 Å². The van der Waals surface area contributed by atoms with Gasteiger partial charge in [0.25, 0.3) is 0 Å². The van der Waals surface area contributed by atoms with E-state index >= 15 is 0 Å². The van der Waals surface area contributed by atoms with Gasteiger partial charge < -0.3 is 9.80 Å². The molecule has 1 aromatic heterocycles. The molecular weight excluding hydrogens is 334 g/mol. The number of hydrogen-bond acceptors (Lipinski definition) is 3. The molecule has 1 atom stereocenters. The molecule has 4 rings (SSSR count). The molecular formula is C23H35N3O. The third-order valence-corrected chi connectivity index (χ3v) is 6.98. The van der Waals surface area contributed by atoms with E-state index < -0.39 is 0 Å². The van der Waals surface area contributed by atoms with Crippen molar-refractivity contribution < 1.29 is 4.79 Å². The highest BCUT2D eigenvalue weighted by Gasteiger charge is 2.33. The molecule has 3 fully saturated rings. The summed E-state index contributed by atoms with van der Waals surface area (Å²) < 4.78 is 0. The van der Waals surface area contributed by atoms with Crippen molar-refractivity contribution in [3.63, 3.8) is 0 Å². The summed E-state index contributed by atoms with van der Waals surface area (Å²) in [5, 5.41) is 0. The van der Waals surface area contributed by atoms with Crippen LogP contribution in [0, 0.1) is 11.8 Å². The van der Waals surface area contributed by atoms with Gasteiger partial charge in [-0.15, -0.1) is 0 Å². The van der Waals surface area contributed by atoms with Gasteiger partial charge in [0.15, 0.2) is 0 Å². The third kappa shape index (κ3) is 4.90. The summed E-state index contributed by atoms with van der Waals surface area (Å²) in [6.45, 7) is 4.10. The summed E-state index contributed by atoms with van der Waals surface area (Å²) in [7, 11) is 0. The average Bonchev–Trinajstić information content (AvgIpc) is 2.68. The van der Waals surface area contributed by atoms with E-state index in [0.717, 1.165) is 37.5 Å². The zero-order chi connectivity index (χ0) is 18.5. The first kappa shape index (κ1) is 18.9. The smallest absolute Gasteiger partial charge is 0.225 e. The zero-order valence-electron chi connectivity index (χ0n) is 16.7. The van der Waals surface area contributed by atoms with Crippen molar-refractivity contribution in [1.82, 2.24) is 14.8 Å². The Morgan fingerprint density at radius 3 is 2.63 bits per heavy atom. The van der Waals surface area contributed by atoms with Crippen LogP contribution >= 0.6 is 0 Å². The maximum absolute atomic E-state index is 13.1. The first-order valence-corrected chi connectivity index (χ1v) is 11.2. The van der Waals surface area contributed by atoms with Crippen LogP contribution in [0.15, 0.2) is 24.5 Å². The van der Waals surface area contributed by atoms with E-state index in [1.165, 1.54) is 64.5 Å². The molecule has 2 saturated carbocycles. The fraction of sp³-hybridized carbons (Fsp3) is 0.739. The average molecular weight is 370 g/mol. The summed E-state index contributed by atoms with van der Waals surface area (Å²) in [6.07, 6.45) is 16.7. The normalized spacial score (nSPS) is 25.1. The lowest BCUT2D eigenvalue weighted by molar-refractivity contribution is -0.139. The second-order valence-corrected chi connectivity index (χ2v) is 9.00. The van der Waals surface area contributed by atoms with Crippen molar-refractivity contribution in [2.75, 3.05) is 19.6 Å². The van der Waals surface area contributed by atoms with Gasteiger partial charge >= 0.3 is 0 Å². The molecule has 4 nitrogen and oxygen atoms in total. The topological polar surface area (TPSA) is 36.4 Å². The van der Waals surface area contributed by atoms with Crippen LogP contribution in [0.5, 0.6) is 0 Å². The van der Waals surface area contributed by atoms with Crippen LogP contribution < -0.4 is 0 Å². The summed E-state index contributed by atoms with van der Waals surface area (Å²) in [5.41, 5.74) is 1.16. The van der Waals surface area contributed by atoms with Gasteiger partial charge in [-0.3, -0.25) is 9.78 Å². The predicted octanol–water partition coefficient (Wildman–Crippen LogP) is 4.26. The Morgan fingerprint density at radius 1 is 1.07 bits per heavy atom. The van der Waals surface area contributed by atoms with Crippen LogP contribution in [-0.2, 0) is 11.3 Å². The summed E-state index contributed by atoms with van der Waals surface area (Å²) >= 11 is 0. The van der Waals surface area contributed by atoms with Gasteiger partial charge in [-0.05, 0) is 62.6 Å². The lowest BCUT2D eigenvalue weighted by atomic mass is 9.84. The SMILES string of the molecule is O=C(C1CCC1)N(Cc1cccnc1)C[C@@H]1CCCN(C2CCCCC2)C1. The first-order valence-electron chi connectivity index (χ1n) is 11.2. The molecule has 2 heterocycles. The highest BCUT2D eigenvalue weighted by molar-refractivity contribution is 5.79. The van der Waals surface area contributed by atoms with Gasteiger partial charge in [-0.25, -0.2) is 0 Å². The van der Waals surface area contributed by atoms with Gasteiger partial charge in [-0.2, -0.15) is 0 Å². The fourth-order valence-corrected chi connectivity index (χ4v) is 5.19. The lowest BCUT2D eigenvalue weighted by Crippen LogP contribution is -2.48. The molecule has 0 N–H and O–H groups in total. The minimum Gasteiger partial charge on any atom is -0.338 e. The lowest BCUT2D eigenvalue weighted by Gasteiger charge is -2.42. The van der Waals surface area contributed by atoms with E-state index in [0.29, 0.717) is 11.8 Å². The fourth-order valence-electron chi connectivity index (χ4n) is 5.19. The van der Waals surface area contributed by atoms with Crippen LogP contribution in [0.25, 0.3) is 0 Å². The highest BCUT2D eigenvalue weighted by Crippen LogP contribution is 2.31. The van der Waals surface area contributed by atoms with Crippen molar-refractivity contribution in [2.24, 2.45) is 11.8 Å². The first-order chi connectivity index (χ1) is 13.3. The van der Waals surface area contributed by atoms with Gasteiger partial charge in [0, 0.05) is 44.0 Å². The van der Waals surface area contributed by atoms with E-state index in [9.17, 15) is 4.79 Å². The van der Waals surface area contributed by atoms with Gasteiger partial charge in [-0.1, -0.05) is 31.7 Å². The van der Waals surface area contributed by atoms with Crippen LogP contribution in [0.2, 0.25) is 0 Å². The Labute approximate surface area is 164 Å². The number of amides is 1. The maximum Gasteiger partial charge on any atom is 0.225 e. The zero-order valence-corrected chi connectivity index (χ0v) is 16.7. The third-order valence-electron chi connectivity index (χ3n) is 6.98. The van der Waals surface area contributed by atoms with E-state index in [2.05, 4.69) is 20.9 Å². The van der Waals surface area contributed by atoms with E-state index in [1.807, 2.05) is 18.5 Å². The number of pyridine rings is 1. The molecule has 0 aromatic carbocycles. The van der Waals surface area contributed by atoms with E-state index in [1.54, 1.807) is 0 Å². The Morgan fingerprint density at radius 2 is 1.93 bits per heavy atom. The molecule has 0 spiro atoms. The second-order valence-electron chi connectivity index (χ2n) is 9.00. The van der Waals surface area contributed by atoms with Crippen LogP contribution in [0.1, 0.15) is 69.8 Å². The van der Waals surface area contributed by atoms with Gasteiger partial charge in [0.05, 0.1) is 0 Å². The van der Waals surface area contributed by atoms with Gasteiger partial charge in [0.1, 0.15) is 0 Å². The molecule has 0 unspecified atom stereocenters. The highest BCUT2D eigenvalue weighted by atomic mass is 16.2. The number of rotatable bonds is 6. The Hall–Kier alpha value is -1.42. The molecule has 27 heavy (non-hydrogen) atoms. The van der Waals surface area contributed by atoms with E-state index in [4.69, 9.17) is 0 Å². The minimum absolute atomic E-state index is 0.278. The molecule has 1 amide bonds. The summed E-state index contributed by atoms with van der Waals surface area (Å²) in [5.74, 6) is 1.29. The number of hydrogen-bond donors (Lipinski definition) is 0. The number of nitrogens with zero attached hydrogens (tertiary/aromatic N) is 3. The summed E-state index contributed by atoms with van der Waals surface area (Å²) in [4.78, 5) is 22.2. The number of likely N-dealkylation sites (tertiary alicyclic amines) is 1. The quantitative estimate of drug-likeness (QED) is 0.752. The molecule has 2 aliphatic carbocycles. The molecule has 148 valence electrons. The van der Waals surface area contributed by atoms with Crippen LogP contribution in [0.4, 0.5) is 0 Å². The minimum atomic E-state index is 0.278. The van der Waals surface area contributed by atoms with Crippen molar-refractivity contribution in [1.29, 1.82) is 0 Å². The van der Waals surface area contributed by atoms with Crippen molar-refractivity contribution in [3.05, 3.63) is 30.1 Å². The van der Waals surface area contributed by atoms with E-state index in [-0.39, 0.29) is 5.92 Å². The standard InChI is InChI=1S/C23H35N3O/c27-23(21-9-4-10-21)26(16-19-7-5-13-24-15-19)18-20-8-6-14-25(17-20)22-11-2-1-3-12-22/h5,7,13,15,20-22H,1-4,6,8-12,14,16-18H2/t20-/m1/s1. The van der Waals surface area contributed by atoms with Gasteiger partial charge in [0.2, 0.25) is 5.91 Å². The molecule has 1 saturated heterocycles. The monoisotopic (exact) mass is 369 g/mol. The number of aromatic nitrogens is 1. The number of piperidine rings is 1. The molecule has 1 aromatic rings. The molecule has 3 aliphatic rings. The summed E-state index contributed by atoms with van der Waals surface area (Å²) in [6, 6.07) is 4.88. The largest absolute Gasteiger partial charge is 0.338 e. The van der Waals surface area contributed by atoms with Crippen LogP contribution in [0.3, 0.4) is 0 Å². The Bertz CT molecular complexity index is 595. The van der Waals surface area contributed by atoms with Crippen molar-refractivity contribution in [3.8, 4) is 0 Å². The Balaban J connectivity index is 1.39. The van der Waals surface area contributed by atoms with Crippen molar-refractivity contribution in [2.45, 2.75) is 76.8 Å². The number of carbonyl (C=O) groups is 1. The maximum atomic E-state index is 13.1. The Kier molecular flexibility index (Phi) is 6.43.